The summed E-state index contributed by atoms with van der Waals surface area (Å²) >= 11 is 1.45. The Morgan fingerprint density at radius 2 is 2.10 bits per heavy atom. The Morgan fingerprint density at radius 1 is 1.29 bits per heavy atom. The molecule has 5 heteroatoms. The summed E-state index contributed by atoms with van der Waals surface area (Å²) in [4.78, 5) is 13.6. The topological polar surface area (TPSA) is 49.3 Å². The highest BCUT2D eigenvalue weighted by Crippen LogP contribution is 2.15. The molecule has 1 amide bonds. The molecule has 0 aliphatic rings. The first-order chi connectivity index (χ1) is 10.2. The third-order valence-electron chi connectivity index (χ3n) is 2.72. The van der Waals surface area contributed by atoms with Crippen LogP contribution in [-0.2, 0) is 17.8 Å². The van der Waals surface area contributed by atoms with E-state index in [2.05, 4.69) is 17.2 Å². The van der Waals surface area contributed by atoms with Crippen molar-refractivity contribution >= 4 is 17.2 Å². The zero-order chi connectivity index (χ0) is 15.1. The van der Waals surface area contributed by atoms with Crippen LogP contribution in [0.3, 0.4) is 0 Å². The average molecular weight is 303 g/mol. The normalized spacial score (nSPS) is 9.81. The highest BCUT2D eigenvalue weighted by Gasteiger charge is 2.07. The molecule has 2 rings (SSSR count). The summed E-state index contributed by atoms with van der Waals surface area (Å²) in [5.74, 6) is 4.78. The molecule has 0 spiro atoms. The van der Waals surface area contributed by atoms with Gasteiger partial charge in [-0.25, -0.2) is 4.39 Å². The fraction of sp³-hybridized carbons (Fsp3) is 0.188. The molecular formula is C16H14FNO2S. The summed E-state index contributed by atoms with van der Waals surface area (Å²) in [6.07, 6.45) is 0.0230. The second-order valence-electron chi connectivity index (χ2n) is 4.27. The van der Waals surface area contributed by atoms with Crippen molar-refractivity contribution in [2.24, 2.45) is 0 Å². The van der Waals surface area contributed by atoms with Gasteiger partial charge in [0.15, 0.2) is 0 Å². The van der Waals surface area contributed by atoms with Crippen molar-refractivity contribution in [3.63, 3.8) is 0 Å². The van der Waals surface area contributed by atoms with E-state index < -0.39 is 0 Å². The molecule has 108 valence electrons. The maximum absolute atomic E-state index is 13.4. The highest BCUT2D eigenvalue weighted by atomic mass is 32.1. The summed E-state index contributed by atoms with van der Waals surface area (Å²) in [6.45, 7) is 0.214. The van der Waals surface area contributed by atoms with E-state index in [0.29, 0.717) is 12.1 Å². The van der Waals surface area contributed by atoms with Crippen LogP contribution in [0.1, 0.15) is 15.3 Å². The zero-order valence-electron chi connectivity index (χ0n) is 11.2. The molecule has 0 aliphatic heterocycles. The molecule has 0 radical (unpaired) electrons. The minimum atomic E-state index is -0.370. The van der Waals surface area contributed by atoms with Crippen LogP contribution >= 0.6 is 11.3 Å². The van der Waals surface area contributed by atoms with E-state index in [1.54, 1.807) is 18.2 Å². The number of carbonyl (C=O) groups excluding carboxylic acids is 1. The standard InChI is InChI=1S/C16H14FNO2S/c17-15-6-2-1-4-12(15)10-16(20)18-11-14-8-7-13(21-14)5-3-9-19/h1-2,4,6-8,19H,9-11H2,(H,18,20). The van der Waals surface area contributed by atoms with Crippen molar-refractivity contribution in [1.29, 1.82) is 0 Å². The van der Waals surface area contributed by atoms with Gasteiger partial charge in [-0.1, -0.05) is 30.0 Å². The fourth-order valence-electron chi connectivity index (χ4n) is 1.73. The van der Waals surface area contributed by atoms with E-state index in [9.17, 15) is 9.18 Å². The largest absolute Gasteiger partial charge is 0.384 e. The number of amides is 1. The number of aliphatic hydroxyl groups is 1. The van der Waals surface area contributed by atoms with E-state index in [0.717, 1.165) is 9.75 Å². The number of thiophene rings is 1. The Balaban J connectivity index is 1.87. The van der Waals surface area contributed by atoms with Crippen LogP contribution in [0, 0.1) is 17.7 Å². The Bertz CT molecular complexity index is 685. The number of hydrogen-bond donors (Lipinski definition) is 2. The Hall–Kier alpha value is -2.16. The van der Waals surface area contributed by atoms with E-state index in [1.165, 1.54) is 17.4 Å². The minimum absolute atomic E-state index is 0.0230. The first-order valence-electron chi connectivity index (χ1n) is 6.37. The molecule has 2 aromatic rings. The lowest BCUT2D eigenvalue weighted by Crippen LogP contribution is -2.24. The maximum Gasteiger partial charge on any atom is 0.224 e. The molecule has 1 aromatic carbocycles. The third kappa shape index (κ3) is 4.71. The number of nitrogens with one attached hydrogen (secondary N) is 1. The molecule has 1 heterocycles. The van der Waals surface area contributed by atoms with E-state index in [-0.39, 0.29) is 24.8 Å². The quantitative estimate of drug-likeness (QED) is 0.850. The van der Waals surface area contributed by atoms with Crippen LogP contribution in [0.25, 0.3) is 0 Å². The summed E-state index contributed by atoms with van der Waals surface area (Å²) in [6, 6.07) is 9.95. The van der Waals surface area contributed by atoms with Gasteiger partial charge in [-0.2, -0.15) is 0 Å². The van der Waals surface area contributed by atoms with Gasteiger partial charge in [0.05, 0.1) is 17.8 Å². The van der Waals surface area contributed by atoms with Crippen molar-refractivity contribution in [1.82, 2.24) is 5.32 Å². The molecule has 0 bridgehead atoms. The molecule has 0 saturated carbocycles. The van der Waals surface area contributed by atoms with Crippen molar-refractivity contribution in [3.05, 3.63) is 57.5 Å². The molecule has 21 heavy (non-hydrogen) atoms. The lowest BCUT2D eigenvalue weighted by atomic mass is 10.1. The molecule has 1 aromatic heterocycles. The van der Waals surface area contributed by atoms with Gasteiger partial charge in [-0.15, -0.1) is 11.3 Å². The Kier molecular flexibility index (Phi) is 5.50. The van der Waals surface area contributed by atoms with Crippen LogP contribution < -0.4 is 5.32 Å². The van der Waals surface area contributed by atoms with Gasteiger partial charge in [-0.3, -0.25) is 4.79 Å². The zero-order valence-corrected chi connectivity index (χ0v) is 12.0. The molecule has 0 aliphatic carbocycles. The Labute approximate surface area is 126 Å². The molecule has 0 atom stereocenters. The van der Waals surface area contributed by atoms with Crippen molar-refractivity contribution in [2.75, 3.05) is 6.61 Å². The Morgan fingerprint density at radius 3 is 2.86 bits per heavy atom. The second-order valence-corrected chi connectivity index (χ2v) is 5.44. The SMILES string of the molecule is O=C(Cc1ccccc1F)NCc1ccc(C#CCO)s1. The average Bonchev–Trinajstić information content (AvgIpc) is 2.93. The molecule has 0 saturated heterocycles. The van der Waals surface area contributed by atoms with Gasteiger partial charge < -0.3 is 10.4 Å². The van der Waals surface area contributed by atoms with E-state index in [4.69, 9.17) is 5.11 Å². The van der Waals surface area contributed by atoms with Gasteiger partial charge in [0.25, 0.3) is 0 Å². The monoisotopic (exact) mass is 303 g/mol. The summed E-state index contributed by atoms with van der Waals surface area (Å²) in [5.41, 5.74) is 0.385. The molecule has 2 N–H and O–H groups in total. The van der Waals surface area contributed by atoms with Gasteiger partial charge in [0.2, 0.25) is 5.91 Å². The van der Waals surface area contributed by atoms with Crippen LogP contribution in [0.4, 0.5) is 4.39 Å². The maximum atomic E-state index is 13.4. The van der Waals surface area contributed by atoms with Gasteiger partial charge >= 0.3 is 0 Å². The number of carbonyl (C=O) groups is 1. The van der Waals surface area contributed by atoms with Gasteiger partial charge in [0, 0.05) is 4.88 Å². The van der Waals surface area contributed by atoms with Gasteiger partial charge in [-0.05, 0) is 23.8 Å². The number of benzene rings is 1. The van der Waals surface area contributed by atoms with Crippen molar-refractivity contribution in [2.45, 2.75) is 13.0 Å². The third-order valence-corrected chi connectivity index (χ3v) is 3.72. The van der Waals surface area contributed by atoms with Crippen LogP contribution in [0.5, 0.6) is 0 Å². The summed E-state index contributed by atoms with van der Waals surface area (Å²) < 4.78 is 13.4. The molecule has 3 nitrogen and oxygen atoms in total. The fourth-order valence-corrected chi connectivity index (χ4v) is 2.55. The van der Waals surface area contributed by atoms with Crippen LogP contribution in [-0.4, -0.2) is 17.6 Å². The smallest absolute Gasteiger partial charge is 0.224 e. The number of aliphatic hydroxyl groups excluding tert-OH is 1. The van der Waals surface area contributed by atoms with Crippen molar-refractivity contribution < 1.29 is 14.3 Å². The molecule has 0 fully saturated rings. The predicted molar refractivity (Wildman–Crippen MR) is 80.2 cm³/mol. The first kappa shape index (κ1) is 15.2. The number of halogens is 1. The first-order valence-corrected chi connectivity index (χ1v) is 7.19. The van der Waals surface area contributed by atoms with E-state index in [1.807, 2.05) is 12.1 Å². The molecule has 0 unspecified atom stereocenters. The summed E-state index contributed by atoms with van der Waals surface area (Å²) in [7, 11) is 0. The van der Waals surface area contributed by atoms with Crippen molar-refractivity contribution in [3.8, 4) is 11.8 Å². The summed E-state index contributed by atoms with van der Waals surface area (Å²) in [5, 5.41) is 11.4. The highest BCUT2D eigenvalue weighted by molar-refractivity contribution is 7.12. The van der Waals surface area contributed by atoms with Crippen LogP contribution in [0.15, 0.2) is 36.4 Å². The van der Waals surface area contributed by atoms with E-state index >= 15 is 0 Å². The van der Waals surface area contributed by atoms with Crippen LogP contribution in [0.2, 0.25) is 0 Å². The van der Waals surface area contributed by atoms with Gasteiger partial charge in [0.1, 0.15) is 12.4 Å². The lowest BCUT2D eigenvalue weighted by Gasteiger charge is -2.04. The molecular weight excluding hydrogens is 289 g/mol. The number of rotatable bonds is 4. The predicted octanol–water partition coefficient (Wildman–Crippen LogP) is 2.09. The minimum Gasteiger partial charge on any atom is -0.384 e. The number of hydrogen-bond acceptors (Lipinski definition) is 3. The lowest BCUT2D eigenvalue weighted by molar-refractivity contribution is -0.120. The second kappa shape index (κ2) is 7.58.